The second-order valence-electron chi connectivity index (χ2n) is 5.52. The Morgan fingerprint density at radius 1 is 1.29 bits per heavy atom. The van der Waals surface area contributed by atoms with E-state index in [2.05, 4.69) is 15.2 Å². The minimum atomic E-state index is 0.302. The quantitative estimate of drug-likeness (QED) is 0.785. The van der Waals surface area contributed by atoms with E-state index in [9.17, 15) is 0 Å². The predicted octanol–water partition coefficient (Wildman–Crippen LogP) is 2.23. The molecule has 0 amide bonds. The van der Waals surface area contributed by atoms with Crippen LogP contribution < -0.4 is 5.73 Å². The lowest BCUT2D eigenvalue weighted by Gasteiger charge is -2.24. The maximum atomic E-state index is 6.09. The third kappa shape index (κ3) is 2.32. The zero-order valence-electron chi connectivity index (χ0n) is 11.5. The fraction of sp³-hybridized carbons (Fsp3) is 0.429. The smallest absolute Gasteiger partial charge is 0.234 e. The molecule has 0 radical (unpaired) electrons. The molecule has 6 nitrogen and oxygen atoms in total. The number of nitrogens with zero attached hydrogens (tertiary/aromatic N) is 5. The molecule has 2 unspecified atom stereocenters. The summed E-state index contributed by atoms with van der Waals surface area (Å²) < 4.78 is 1.83. The van der Waals surface area contributed by atoms with Gasteiger partial charge in [-0.15, -0.1) is 10.2 Å². The summed E-state index contributed by atoms with van der Waals surface area (Å²) in [6, 6.07) is 4.17. The Bertz CT molecular complexity index is 749. The van der Waals surface area contributed by atoms with Crippen LogP contribution in [0.3, 0.4) is 0 Å². The number of hydrogen-bond donors (Lipinski definition) is 1. The van der Waals surface area contributed by atoms with Crippen LogP contribution in [0.5, 0.6) is 0 Å². The zero-order chi connectivity index (χ0) is 14.2. The summed E-state index contributed by atoms with van der Waals surface area (Å²) in [6.07, 6.45) is 8.03. The van der Waals surface area contributed by atoms with Crippen LogP contribution in [0.4, 0.5) is 0 Å². The SMILES string of the molecule is NC1CCCC(c2nn3c(-c4cccnc4)nnc3s2)C1. The van der Waals surface area contributed by atoms with Crippen molar-refractivity contribution in [1.29, 1.82) is 0 Å². The monoisotopic (exact) mass is 300 g/mol. The van der Waals surface area contributed by atoms with Gasteiger partial charge in [-0.25, -0.2) is 0 Å². The topological polar surface area (TPSA) is 82.0 Å². The van der Waals surface area contributed by atoms with Gasteiger partial charge in [-0.05, 0) is 31.4 Å². The van der Waals surface area contributed by atoms with Crippen molar-refractivity contribution in [2.75, 3.05) is 0 Å². The Labute approximate surface area is 126 Å². The fourth-order valence-corrected chi connectivity index (χ4v) is 3.91. The van der Waals surface area contributed by atoms with E-state index in [4.69, 9.17) is 10.8 Å². The molecule has 0 aromatic carbocycles. The van der Waals surface area contributed by atoms with E-state index in [1.165, 1.54) is 12.8 Å². The molecule has 2 N–H and O–H groups in total. The van der Waals surface area contributed by atoms with E-state index < -0.39 is 0 Å². The Hall–Kier alpha value is -1.86. The van der Waals surface area contributed by atoms with Crippen molar-refractivity contribution in [3.05, 3.63) is 29.5 Å². The summed E-state index contributed by atoms with van der Waals surface area (Å²) in [6.45, 7) is 0. The number of hydrogen-bond acceptors (Lipinski definition) is 6. The molecule has 1 aliphatic carbocycles. The van der Waals surface area contributed by atoms with E-state index in [1.54, 1.807) is 23.7 Å². The van der Waals surface area contributed by atoms with Crippen LogP contribution in [-0.2, 0) is 0 Å². The van der Waals surface area contributed by atoms with Gasteiger partial charge in [0.2, 0.25) is 4.96 Å². The lowest BCUT2D eigenvalue weighted by atomic mass is 9.87. The minimum absolute atomic E-state index is 0.302. The lowest BCUT2D eigenvalue weighted by molar-refractivity contribution is 0.390. The second kappa shape index (κ2) is 5.16. The summed E-state index contributed by atoms with van der Waals surface area (Å²) in [7, 11) is 0. The third-order valence-corrected chi connectivity index (χ3v) is 5.05. The van der Waals surface area contributed by atoms with Crippen LogP contribution >= 0.6 is 11.3 Å². The normalized spacial score (nSPS) is 22.7. The van der Waals surface area contributed by atoms with Gasteiger partial charge >= 0.3 is 0 Å². The molecular formula is C14H16N6S. The molecule has 0 aliphatic heterocycles. The summed E-state index contributed by atoms with van der Waals surface area (Å²) >= 11 is 1.62. The largest absolute Gasteiger partial charge is 0.328 e. The van der Waals surface area contributed by atoms with Crippen LogP contribution in [0.1, 0.15) is 36.6 Å². The van der Waals surface area contributed by atoms with Crippen LogP contribution in [-0.4, -0.2) is 30.8 Å². The first-order valence-corrected chi connectivity index (χ1v) is 8.01. The average Bonchev–Trinajstić information content (AvgIpc) is 3.08. The van der Waals surface area contributed by atoms with Gasteiger partial charge in [0.15, 0.2) is 5.82 Å². The van der Waals surface area contributed by atoms with Crippen LogP contribution in [0.15, 0.2) is 24.5 Å². The van der Waals surface area contributed by atoms with Gasteiger partial charge in [-0.1, -0.05) is 17.8 Å². The van der Waals surface area contributed by atoms with Gasteiger partial charge in [0, 0.05) is 29.9 Å². The second-order valence-corrected chi connectivity index (χ2v) is 6.51. The van der Waals surface area contributed by atoms with Gasteiger partial charge in [-0.2, -0.15) is 9.61 Å². The van der Waals surface area contributed by atoms with Crippen molar-refractivity contribution in [2.45, 2.75) is 37.6 Å². The highest BCUT2D eigenvalue weighted by Crippen LogP contribution is 2.35. The number of pyridine rings is 1. The molecule has 3 aromatic rings. The molecule has 0 spiro atoms. The molecule has 0 bridgehead atoms. The van der Waals surface area contributed by atoms with Gasteiger partial charge in [0.1, 0.15) is 5.01 Å². The summed E-state index contributed by atoms with van der Waals surface area (Å²) in [5.41, 5.74) is 7.02. The first kappa shape index (κ1) is 12.8. The molecule has 3 heterocycles. The van der Waals surface area contributed by atoms with Crippen molar-refractivity contribution < 1.29 is 0 Å². The highest BCUT2D eigenvalue weighted by Gasteiger charge is 2.25. The van der Waals surface area contributed by atoms with Gasteiger partial charge in [-0.3, -0.25) is 4.98 Å². The van der Waals surface area contributed by atoms with Crippen LogP contribution in [0, 0.1) is 0 Å². The molecule has 2 atom stereocenters. The highest BCUT2D eigenvalue weighted by atomic mass is 32.1. The Morgan fingerprint density at radius 2 is 2.24 bits per heavy atom. The number of fused-ring (bicyclic) bond motifs is 1. The van der Waals surface area contributed by atoms with Crippen molar-refractivity contribution >= 4 is 16.3 Å². The number of aromatic nitrogens is 5. The standard InChI is InChI=1S/C14H16N6S/c15-11-5-1-3-9(7-11)13-19-20-12(17-18-14(20)21-13)10-4-2-6-16-8-10/h2,4,6,8-9,11H,1,3,5,7,15H2. The number of rotatable bonds is 2. The minimum Gasteiger partial charge on any atom is -0.328 e. The highest BCUT2D eigenvalue weighted by molar-refractivity contribution is 7.16. The predicted molar refractivity (Wildman–Crippen MR) is 81.1 cm³/mol. The van der Waals surface area contributed by atoms with Gasteiger partial charge in [0.25, 0.3) is 0 Å². The van der Waals surface area contributed by atoms with Crippen LogP contribution in [0.2, 0.25) is 0 Å². The zero-order valence-corrected chi connectivity index (χ0v) is 12.3. The van der Waals surface area contributed by atoms with Crippen molar-refractivity contribution in [1.82, 2.24) is 24.8 Å². The fourth-order valence-electron chi connectivity index (χ4n) is 2.92. The van der Waals surface area contributed by atoms with Crippen molar-refractivity contribution in [3.63, 3.8) is 0 Å². The Morgan fingerprint density at radius 3 is 3.05 bits per heavy atom. The molecule has 1 fully saturated rings. The molecular weight excluding hydrogens is 284 g/mol. The maximum Gasteiger partial charge on any atom is 0.234 e. The average molecular weight is 300 g/mol. The summed E-state index contributed by atoms with van der Waals surface area (Å²) in [5, 5.41) is 14.3. The molecule has 0 saturated heterocycles. The first-order valence-electron chi connectivity index (χ1n) is 7.19. The molecule has 108 valence electrons. The Balaban J connectivity index is 1.72. The molecule has 21 heavy (non-hydrogen) atoms. The van der Waals surface area contributed by atoms with Crippen LogP contribution in [0.25, 0.3) is 16.3 Å². The Kier molecular flexibility index (Phi) is 3.16. The molecule has 3 aromatic heterocycles. The van der Waals surface area contributed by atoms with Crippen molar-refractivity contribution in [2.24, 2.45) is 5.73 Å². The first-order chi connectivity index (χ1) is 10.3. The summed E-state index contributed by atoms with van der Waals surface area (Å²) in [5.74, 6) is 1.21. The molecule has 1 aliphatic rings. The third-order valence-electron chi connectivity index (χ3n) is 3.99. The lowest BCUT2D eigenvalue weighted by Crippen LogP contribution is -2.26. The molecule has 4 rings (SSSR count). The van der Waals surface area contributed by atoms with Gasteiger partial charge < -0.3 is 5.73 Å². The maximum absolute atomic E-state index is 6.09. The molecule has 1 saturated carbocycles. The van der Waals surface area contributed by atoms with E-state index in [1.807, 2.05) is 16.6 Å². The summed E-state index contributed by atoms with van der Waals surface area (Å²) in [4.78, 5) is 4.97. The van der Waals surface area contributed by atoms with Crippen molar-refractivity contribution in [3.8, 4) is 11.4 Å². The van der Waals surface area contributed by atoms with E-state index in [0.29, 0.717) is 12.0 Å². The van der Waals surface area contributed by atoms with E-state index >= 15 is 0 Å². The van der Waals surface area contributed by atoms with E-state index in [0.717, 1.165) is 34.2 Å². The van der Waals surface area contributed by atoms with E-state index in [-0.39, 0.29) is 0 Å². The molecule has 7 heteroatoms. The van der Waals surface area contributed by atoms with Gasteiger partial charge in [0.05, 0.1) is 0 Å². The number of nitrogens with two attached hydrogens (primary N) is 1.